The van der Waals surface area contributed by atoms with E-state index >= 15 is 0 Å². The molecule has 0 saturated carbocycles. The molecule has 0 unspecified atom stereocenters. The fourth-order valence-electron chi connectivity index (χ4n) is 2.29. The molecule has 0 aliphatic carbocycles. The molecule has 0 radical (unpaired) electrons. The van der Waals surface area contributed by atoms with E-state index < -0.39 is 0 Å². The number of halogens is 2. The Hall–Kier alpha value is -1.93. The van der Waals surface area contributed by atoms with Gasteiger partial charge in [-0.2, -0.15) is 0 Å². The van der Waals surface area contributed by atoms with Crippen LogP contribution in [0.25, 0.3) is 10.8 Å². The van der Waals surface area contributed by atoms with Crippen molar-refractivity contribution in [3.05, 3.63) is 51.6 Å². The van der Waals surface area contributed by atoms with E-state index in [9.17, 15) is 4.79 Å². The molecule has 0 aliphatic heterocycles. The third-order valence-electron chi connectivity index (χ3n) is 3.60. The minimum Gasteiger partial charge on any atom is -0.419 e. The van der Waals surface area contributed by atoms with Gasteiger partial charge in [0, 0.05) is 0 Å². The lowest BCUT2D eigenvalue weighted by Crippen LogP contribution is -2.33. The Labute approximate surface area is 164 Å². The van der Waals surface area contributed by atoms with E-state index in [1.807, 2.05) is 29.3 Å². The van der Waals surface area contributed by atoms with Crippen molar-refractivity contribution in [1.82, 2.24) is 15.1 Å². The minimum absolute atomic E-state index is 0.148. The number of carbonyl (C=O) groups is 1. The number of hydrogen-bond acceptors (Lipinski definition) is 6. The van der Waals surface area contributed by atoms with E-state index in [0.717, 1.165) is 4.88 Å². The molecule has 136 valence electrons. The average molecular weight is 411 g/mol. The Balaban J connectivity index is 1.61. The van der Waals surface area contributed by atoms with Crippen molar-refractivity contribution in [2.24, 2.45) is 0 Å². The van der Waals surface area contributed by atoms with Crippen molar-refractivity contribution in [2.45, 2.75) is 13.5 Å². The number of amides is 1. The highest BCUT2D eigenvalue weighted by Crippen LogP contribution is 2.29. The van der Waals surface area contributed by atoms with Crippen LogP contribution in [0.15, 0.2) is 40.1 Å². The van der Waals surface area contributed by atoms with Gasteiger partial charge in [0.2, 0.25) is 11.8 Å². The monoisotopic (exact) mass is 410 g/mol. The maximum absolute atomic E-state index is 12.3. The first kappa shape index (κ1) is 18.8. The quantitative estimate of drug-likeness (QED) is 0.617. The van der Waals surface area contributed by atoms with Gasteiger partial charge in [-0.1, -0.05) is 42.3 Å². The van der Waals surface area contributed by atoms with Crippen LogP contribution in [0.1, 0.15) is 12.8 Å². The fraction of sp³-hybridized carbons (Fsp3) is 0.235. The first-order chi connectivity index (χ1) is 12.6. The van der Waals surface area contributed by atoms with Crippen LogP contribution in [0.2, 0.25) is 10.0 Å². The van der Waals surface area contributed by atoms with Crippen LogP contribution in [0, 0.1) is 0 Å². The first-order valence-corrected chi connectivity index (χ1v) is 9.53. The van der Waals surface area contributed by atoms with Crippen molar-refractivity contribution < 1.29 is 9.21 Å². The Morgan fingerprint density at radius 3 is 2.65 bits per heavy atom. The molecule has 1 amide bonds. The predicted molar refractivity (Wildman–Crippen MR) is 104 cm³/mol. The Morgan fingerprint density at radius 2 is 2.00 bits per heavy atom. The van der Waals surface area contributed by atoms with Gasteiger partial charge in [-0.15, -0.1) is 21.5 Å². The van der Waals surface area contributed by atoms with Gasteiger partial charge < -0.3 is 9.73 Å². The number of carbonyl (C=O) groups excluding carboxylic acids is 1. The highest BCUT2D eigenvalue weighted by molar-refractivity contribution is 7.13. The average Bonchev–Trinajstić information content (AvgIpc) is 3.29. The van der Waals surface area contributed by atoms with Crippen molar-refractivity contribution in [2.75, 3.05) is 18.4 Å². The van der Waals surface area contributed by atoms with Crippen LogP contribution < -0.4 is 5.32 Å². The van der Waals surface area contributed by atoms with E-state index in [4.69, 9.17) is 27.6 Å². The molecule has 0 bridgehead atoms. The molecule has 2 aromatic heterocycles. The lowest BCUT2D eigenvalue weighted by molar-refractivity contribution is -0.117. The Bertz CT molecular complexity index is 863. The lowest BCUT2D eigenvalue weighted by atomic mass is 10.3. The molecule has 26 heavy (non-hydrogen) atoms. The molecule has 3 aromatic rings. The van der Waals surface area contributed by atoms with E-state index in [1.165, 1.54) is 11.3 Å². The number of likely N-dealkylation sites (N-methyl/N-ethyl adjacent to an activating group) is 1. The van der Waals surface area contributed by atoms with Crippen LogP contribution in [-0.4, -0.2) is 34.1 Å². The number of aromatic nitrogens is 2. The highest BCUT2D eigenvalue weighted by Gasteiger charge is 2.16. The Kier molecular flexibility index (Phi) is 6.26. The van der Waals surface area contributed by atoms with Gasteiger partial charge >= 0.3 is 0 Å². The second-order valence-corrected chi connectivity index (χ2v) is 7.19. The van der Waals surface area contributed by atoms with Gasteiger partial charge in [0.25, 0.3) is 5.89 Å². The van der Waals surface area contributed by atoms with Gasteiger partial charge in [0.05, 0.1) is 33.7 Å². The van der Waals surface area contributed by atoms with Crippen molar-refractivity contribution in [1.29, 1.82) is 0 Å². The topological polar surface area (TPSA) is 71.3 Å². The zero-order valence-electron chi connectivity index (χ0n) is 13.9. The summed E-state index contributed by atoms with van der Waals surface area (Å²) in [6.45, 7) is 3.11. The summed E-state index contributed by atoms with van der Waals surface area (Å²) in [5.74, 6) is 0.719. The molecular weight excluding hydrogens is 395 g/mol. The molecule has 0 atom stereocenters. The number of rotatable bonds is 7. The first-order valence-electron chi connectivity index (χ1n) is 7.89. The molecule has 1 N–H and O–H groups in total. The molecule has 0 fully saturated rings. The molecule has 0 saturated heterocycles. The summed E-state index contributed by atoms with van der Waals surface area (Å²) in [7, 11) is 0. The largest absolute Gasteiger partial charge is 0.419 e. The minimum atomic E-state index is -0.222. The second kappa shape index (κ2) is 8.64. The Morgan fingerprint density at radius 1 is 1.23 bits per heavy atom. The number of hydrogen-bond donors (Lipinski definition) is 1. The third kappa shape index (κ3) is 4.62. The van der Waals surface area contributed by atoms with Gasteiger partial charge in [0.1, 0.15) is 0 Å². The standard InChI is InChI=1S/C17H16Cl2N4O2S/c1-2-23(9-14(24)20-16-11(18)5-3-6-12(16)19)10-15-21-22-17(25-15)13-7-4-8-26-13/h3-8H,2,9-10H2,1H3,(H,20,24). The van der Waals surface area contributed by atoms with Gasteiger partial charge in [0.15, 0.2) is 0 Å². The number of anilines is 1. The van der Waals surface area contributed by atoms with Crippen LogP contribution in [0.4, 0.5) is 5.69 Å². The summed E-state index contributed by atoms with van der Waals surface area (Å²) in [5.41, 5.74) is 0.412. The molecule has 2 heterocycles. The predicted octanol–water partition coefficient (Wildman–Crippen LogP) is 4.57. The van der Waals surface area contributed by atoms with E-state index in [1.54, 1.807) is 18.2 Å². The number of thiophene rings is 1. The highest BCUT2D eigenvalue weighted by atomic mass is 35.5. The van der Waals surface area contributed by atoms with Crippen LogP contribution in [-0.2, 0) is 11.3 Å². The zero-order chi connectivity index (χ0) is 18.5. The summed E-state index contributed by atoms with van der Waals surface area (Å²) in [5, 5.41) is 13.6. The summed E-state index contributed by atoms with van der Waals surface area (Å²) in [6.07, 6.45) is 0. The van der Waals surface area contributed by atoms with E-state index in [2.05, 4.69) is 15.5 Å². The summed E-state index contributed by atoms with van der Waals surface area (Å²) >= 11 is 13.7. The van der Waals surface area contributed by atoms with Crippen LogP contribution in [0.5, 0.6) is 0 Å². The zero-order valence-corrected chi connectivity index (χ0v) is 16.2. The summed E-state index contributed by atoms with van der Waals surface area (Å²) in [4.78, 5) is 15.1. The SMILES string of the molecule is CCN(CC(=O)Nc1c(Cl)cccc1Cl)Cc1nnc(-c2cccs2)o1. The smallest absolute Gasteiger partial charge is 0.257 e. The molecule has 3 rings (SSSR count). The number of nitrogens with one attached hydrogen (secondary N) is 1. The third-order valence-corrected chi connectivity index (χ3v) is 5.09. The van der Waals surface area contributed by atoms with Crippen LogP contribution >= 0.6 is 34.5 Å². The van der Waals surface area contributed by atoms with Gasteiger partial charge in [-0.3, -0.25) is 9.69 Å². The van der Waals surface area contributed by atoms with E-state index in [-0.39, 0.29) is 12.5 Å². The van der Waals surface area contributed by atoms with Crippen LogP contribution in [0.3, 0.4) is 0 Å². The lowest BCUT2D eigenvalue weighted by Gasteiger charge is -2.18. The van der Waals surface area contributed by atoms with Crippen molar-refractivity contribution in [3.63, 3.8) is 0 Å². The fourth-order valence-corrected chi connectivity index (χ4v) is 3.42. The van der Waals surface area contributed by atoms with Gasteiger partial charge in [-0.25, -0.2) is 0 Å². The number of nitrogens with zero attached hydrogens (tertiary/aromatic N) is 3. The van der Waals surface area contributed by atoms with Gasteiger partial charge in [-0.05, 0) is 30.1 Å². The maximum atomic E-state index is 12.3. The normalized spacial score (nSPS) is 11.1. The number of benzene rings is 1. The molecule has 6 nitrogen and oxygen atoms in total. The molecule has 0 aliphatic rings. The van der Waals surface area contributed by atoms with Crippen molar-refractivity contribution in [3.8, 4) is 10.8 Å². The molecular formula is C17H16Cl2N4O2S. The summed E-state index contributed by atoms with van der Waals surface area (Å²) < 4.78 is 5.67. The molecule has 9 heteroatoms. The number of para-hydroxylation sites is 1. The molecule has 0 spiro atoms. The summed E-state index contributed by atoms with van der Waals surface area (Å²) in [6, 6.07) is 8.91. The maximum Gasteiger partial charge on any atom is 0.257 e. The molecule has 1 aromatic carbocycles. The second-order valence-electron chi connectivity index (χ2n) is 5.43. The van der Waals surface area contributed by atoms with Crippen molar-refractivity contribution >= 4 is 46.1 Å². The van der Waals surface area contributed by atoms with E-state index in [0.29, 0.717) is 40.6 Å².